The summed E-state index contributed by atoms with van der Waals surface area (Å²) in [6.45, 7) is 3.10. The molecule has 2 rings (SSSR count). The van der Waals surface area contributed by atoms with Crippen LogP contribution in [0, 0.1) is 6.20 Å². The highest BCUT2D eigenvalue weighted by atomic mass is 15.1. The first-order valence-electron chi connectivity index (χ1n) is 5.23. The second-order valence-corrected chi connectivity index (χ2v) is 3.55. The Bertz CT molecular complexity index is 365. The fourth-order valence-electron chi connectivity index (χ4n) is 1.57. The first-order chi connectivity index (χ1) is 7.38. The van der Waals surface area contributed by atoms with Crippen molar-refractivity contribution in [3.8, 4) is 0 Å². The Morgan fingerprint density at radius 1 is 1.27 bits per heavy atom. The van der Waals surface area contributed by atoms with Gasteiger partial charge in [-0.3, -0.25) is 0 Å². The fourth-order valence-corrected chi connectivity index (χ4v) is 1.57. The highest BCUT2D eigenvalue weighted by molar-refractivity contribution is 5.22. The van der Waals surface area contributed by atoms with Gasteiger partial charge in [0.15, 0.2) is 0 Å². The molecule has 2 nitrogen and oxygen atoms in total. The van der Waals surface area contributed by atoms with Gasteiger partial charge in [-0.15, -0.1) is 0 Å². The molecule has 1 aliphatic heterocycles. The number of hydrogen-bond donors (Lipinski definition) is 1. The monoisotopic (exact) mass is 199 g/mol. The topological polar surface area (TPSA) is 15.3 Å². The van der Waals surface area contributed by atoms with Crippen molar-refractivity contribution in [2.75, 3.05) is 6.54 Å². The van der Waals surface area contributed by atoms with E-state index in [1.807, 2.05) is 12.3 Å². The summed E-state index contributed by atoms with van der Waals surface area (Å²) in [5.41, 5.74) is 2.50. The third-order valence-corrected chi connectivity index (χ3v) is 2.39. The molecular weight excluding hydrogens is 184 g/mol. The van der Waals surface area contributed by atoms with Crippen LogP contribution in [-0.2, 0) is 6.42 Å². The lowest BCUT2D eigenvalue weighted by molar-refractivity contribution is 0.508. The first kappa shape index (κ1) is 9.84. The lowest BCUT2D eigenvalue weighted by atomic mass is 10.1. The van der Waals surface area contributed by atoms with E-state index in [0.29, 0.717) is 0 Å². The molecule has 0 saturated heterocycles. The highest BCUT2D eigenvalue weighted by Gasteiger charge is 2.03. The molecule has 1 N–H and O–H groups in total. The standard InChI is InChI=1S/C13H15N2/c1-2-15-9-8-14-13(11-15)10-12-6-4-3-5-7-12/h3-7,9,11,14H,2,10H2,1H3. The fraction of sp³-hybridized carbons (Fsp3) is 0.231. The van der Waals surface area contributed by atoms with Gasteiger partial charge in [0.25, 0.3) is 0 Å². The van der Waals surface area contributed by atoms with Gasteiger partial charge in [0, 0.05) is 31.1 Å². The largest absolute Gasteiger partial charge is 0.354 e. The van der Waals surface area contributed by atoms with Crippen molar-refractivity contribution in [2.24, 2.45) is 0 Å². The maximum Gasteiger partial charge on any atom is 0.0801 e. The molecule has 0 unspecified atom stereocenters. The van der Waals surface area contributed by atoms with Crippen molar-refractivity contribution in [2.45, 2.75) is 13.3 Å². The molecule has 0 amide bonds. The van der Waals surface area contributed by atoms with Crippen molar-refractivity contribution in [3.63, 3.8) is 0 Å². The lowest BCUT2D eigenvalue weighted by Crippen LogP contribution is -2.21. The van der Waals surface area contributed by atoms with E-state index < -0.39 is 0 Å². The second kappa shape index (κ2) is 4.69. The van der Waals surface area contributed by atoms with Gasteiger partial charge in [0.05, 0.1) is 6.20 Å². The molecule has 0 saturated carbocycles. The van der Waals surface area contributed by atoms with E-state index in [4.69, 9.17) is 0 Å². The van der Waals surface area contributed by atoms with Crippen LogP contribution >= 0.6 is 0 Å². The Morgan fingerprint density at radius 3 is 2.80 bits per heavy atom. The quantitative estimate of drug-likeness (QED) is 0.803. The van der Waals surface area contributed by atoms with E-state index in [-0.39, 0.29) is 0 Å². The zero-order chi connectivity index (χ0) is 10.5. The Kier molecular flexibility index (Phi) is 3.08. The smallest absolute Gasteiger partial charge is 0.0801 e. The first-order valence-corrected chi connectivity index (χ1v) is 5.23. The molecule has 0 bridgehead atoms. The number of hydrogen-bond acceptors (Lipinski definition) is 2. The third kappa shape index (κ3) is 2.62. The summed E-state index contributed by atoms with van der Waals surface area (Å²) >= 11 is 0. The average Bonchev–Trinajstić information content (AvgIpc) is 2.31. The number of rotatable bonds is 3. The highest BCUT2D eigenvalue weighted by Crippen LogP contribution is 2.09. The maximum atomic E-state index is 3.15. The predicted molar refractivity (Wildman–Crippen MR) is 61.6 cm³/mol. The molecule has 1 aromatic carbocycles. The molecule has 0 fully saturated rings. The molecule has 15 heavy (non-hydrogen) atoms. The zero-order valence-corrected chi connectivity index (χ0v) is 8.90. The van der Waals surface area contributed by atoms with Gasteiger partial charge in [-0.25, -0.2) is 0 Å². The van der Waals surface area contributed by atoms with Gasteiger partial charge in [-0.05, 0) is 12.5 Å². The van der Waals surface area contributed by atoms with Gasteiger partial charge < -0.3 is 10.2 Å². The Hall–Kier alpha value is -1.70. The zero-order valence-electron chi connectivity index (χ0n) is 8.90. The molecule has 0 atom stereocenters. The SMILES string of the molecule is CCN1C=[C]NC(Cc2ccccc2)=C1. The minimum atomic E-state index is 0.929. The Labute approximate surface area is 90.9 Å². The second-order valence-electron chi connectivity index (χ2n) is 3.55. The molecule has 1 radical (unpaired) electrons. The molecule has 0 aromatic heterocycles. The normalized spacial score (nSPS) is 14.7. The molecule has 1 aromatic rings. The number of nitrogens with one attached hydrogen (secondary N) is 1. The Morgan fingerprint density at radius 2 is 2.07 bits per heavy atom. The van der Waals surface area contributed by atoms with Gasteiger partial charge in [0.1, 0.15) is 0 Å². The van der Waals surface area contributed by atoms with Crippen LogP contribution in [0.15, 0.2) is 48.4 Å². The lowest BCUT2D eigenvalue weighted by Gasteiger charge is -2.20. The van der Waals surface area contributed by atoms with E-state index in [1.54, 1.807) is 0 Å². The van der Waals surface area contributed by atoms with Crippen LogP contribution < -0.4 is 5.32 Å². The van der Waals surface area contributed by atoms with Crippen LogP contribution in [0.2, 0.25) is 0 Å². The van der Waals surface area contributed by atoms with Crippen molar-refractivity contribution in [1.29, 1.82) is 0 Å². The molecule has 1 heterocycles. The molecule has 0 spiro atoms. The van der Waals surface area contributed by atoms with Gasteiger partial charge >= 0.3 is 0 Å². The van der Waals surface area contributed by atoms with Crippen molar-refractivity contribution >= 4 is 0 Å². The van der Waals surface area contributed by atoms with Crippen molar-refractivity contribution < 1.29 is 0 Å². The summed E-state index contributed by atoms with van der Waals surface area (Å²) in [5, 5.41) is 3.15. The van der Waals surface area contributed by atoms with E-state index >= 15 is 0 Å². The van der Waals surface area contributed by atoms with E-state index in [9.17, 15) is 0 Å². The van der Waals surface area contributed by atoms with Crippen LogP contribution in [0.5, 0.6) is 0 Å². The molecule has 77 valence electrons. The van der Waals surface area contributed by atoms with Crippen molar-refractivity contribution in [1.82, 2.24) is 10.2 Å². The number of allylic oxidation sites excluding steroid dienone is 1. The number of benzene rings is 1. The van der Waals surface area contributed by atoms with Crippen LogP contribution in [0.3, 0.4) is 0 Å². The summed E-state index contributed by atoms with van der Waals surface area (Å²) in [6.07, 6.45) is 8.02. The Balaban J connectivity index is 2.04. The predicted octanol–water partition coefficient (Wildman–Crippen LogP) is 2.27. The van der Waals surface area contributed by atoms with Crippen molar-refractivity contribution in [3.05, 3.63) is 60.2 Å². The average molecular weight is 199 g/mol. The summed E-state index contributed by atoms with van der Waals surface area (Å²) in [4.78, 5) is 2.12. The number of nitrogens with zero attached hydrogens (tertiary/aromatic N) is 1. The van der Waals surface area contributed by atoms with E-state index in [1.165, 1.54) is 11.3 Å². The summed E-state index contributed by atoms with van der Waals surface area (Å²) in [5.74, 6) is 0. The van der Waals surface area contributed by atoms with Gasteiger partial charge in [0.2, 0.25) is 0 Å². The summed E-state index contributed by atoms with van der Waals surface area (Å²) in [6, 6.07) is 10.4. The third-order valence-electron chi connectivity index (χ3n) is 2.39. The summed E-state index contributed by atoms with van der Waals surface area (Å²) in [7, 11) is 0. The van der Waals surface area contributed by atoms with E-state index in [0.717, 1.165) is 13.0 Å². The van der Waals surface area contributed by atoms with Crippen LogP contribution in [0.1, 0.15) is 12.5 Å². The van der Waals surface area contributed by atoms with Crippen LogP contribution in [-0.4, -0.2) is 11.4 Å². The maximum absolute atomic E-state index is 3.15. The molecule has 2 heteroatoms. The van der Waals surface area contributed by atoms with Crippen LogP contribution in [0.25, 0.3) is 0 Å². The molecule has 1 aliphatic rings. The van der Waals surface area contributed by atoms with Gasteiger partial charge in [-0.2, -0.15) is 0 Å². The molecular formula is C13H15N2. The molecule has 0 aliphatic carbocycles. The minimum absolute atomic E-state index is 0.929. The minimum Gasteiger partial charge on any atom is -0.354 e. The van der Waals surface area contributed by atoms with Crippen LogP contribution in [0.4, 0.5) is 0 Å². The van der Waals surface area contributed by atoms with Gasteiger partial charge in [-0.1, -0.05) is 30.3 Å². The summed E-state index contributed by atoms with van der Waals surface area (Å²) < 4.78 is 0. The van der Waals surface area contributed by atoms with E-state index in [2.05, 4.69) is 53.8 Å².